The molecule has 0 unspecified atom stereocenters. The summed E-state index contributed by atoms with van der Waals surface area (Å²) in [6.07, 6.45) is 0. The fourth-order valence-corrected chi connectivity index (χ4v) is 3.65. The molecule has 0 amide bonds. The normalized spacial score (nSPS) is 12.4. The number of fused-ring (bicyclic) bond motifs is 5. The minimum absolute atomic E-state index is 0.0278. The van der Waals surface area contributed by atoms with Gasteiger partial charge in [-0.3, -0.25) is 4.79 Å². The van der Waals surface area contributed by atoms with E-state index >= 15 is 0 Å². The zero-order valence-electron chi connectivity index (χ0n) is 12.4. The largest absolute Gasteiger partial charge is 0.349 e. The summed E-state index contributed by atoms with van der Waals surface area (Å²) in [6.45, 7) is 0.0278. The van der Waals surface area contributed by atoms with Crippen LogP contribution in [0.25, 0.3) is 16.6 Å². The van der Waals surface area contributed by atoms with E-state index in [2.05, 4.69) is 22.8 Å². The molecule has 0 N–H and O–H groups in total. The lowest BCUT2D eigenvalue weighted by atomic mass is 9.51. The van der Waals surface area contributed by atoms with E-state index < -0.39 is 0 Å². The van der Waals surface area contributed by atoms with Gasteiger partial charge in [0.05, 0.1) is 16.6 Å². The van der Waals surface area contributed by atoms with Crippen LogP contribution in [0.5, 0.6) is 0 Å². The van der Waals surface area contributed by atoms with Gasteiger partial charge in [-0.05, 0) is 29.1 Å². The number of hydrogen-bond donors (Lipinski definition) is 0. The molecule has 3 nitrogen and oxygen atoms in total. The molecule has 3 aromatic carbocycles. The van der Waals surface area contributed by atoms with Gasteiger partial charge in [-0.25, -0.2) is 4.68 Å². The Hall–Kier alpha value is -3.01. The van der Waals surface area contributed by atoms with Crippen molar-refractivity contribution in [3.63, 3.8) is 0 Å². The van der Waals surface area contributed by atoms with Gasteiger partial charge in [0.15, 0.2) is 0 Å². The maximum atomic E-state index is 12.9. The predicted octanol–water partition coefficient (Wildman–Crippen LogP) is 1.76. The van der Waals surface area contributed by atoms with Crippen molar-refractivity contribution >= 4 is 28.7 Å². The number of aromatic nitrogens is 2. The predicted molar refractivity (Wildman–Crippen MR) is 94.4 cm³/mol. The summed E-state index contributed by atoms with van der Waals surface area (Å²) in [6, 6.07) is 26.3. The molecule has 0 atom stereocenters. The Balaban J connectivity index is 1.95. The van der Waals surface area contributed by atoms with Crippen molar-refractivity contribution in [2.24, 2.45) is 0 Å². The summed E-state index contributed by atoms with van der Waals surface area (Å²) in [7, 11) is 0. The monoisotopic (exact) mass is 296 g/mol. The van der Waals surface area contributed by atoms with E-state index in [1.165, 1.54) is 10.9 Å². The summed E-state index contributed by atoms with van der Waals surface area (Å²) in [5, 5.41) is 0.767. The molecule has 1 aromatic heterocycles. The van der Waals surface area contributed by atoms with E-state index in [9.17, 15) is 4.79 Å². The maximum absolute atomic E-state index is 12.9. The van der Waals surface area contributed by atoms with Crippen LogP contribution in [0.4, 0.5) is 0 Å². The standard InChI is InChI=1S/C19H13BN2O/c23-19-15-10-4-6-12-17(15)22-20(14-8-2-1-3-9-14)16-11-5-7-13-18(16)21(19)22/h1-13H. The van der Waals surface area contributed by atoms with Gasteiger partial charge in [0, 0.05) is 0 Å². The van der Waals surface area contributed by atoms with Gasteiger partial charge in [-0.1, -0.05) is 60.7 Å². The lowest BCUT2D eigenvalue weighted by molar-refractivity contribution is 0.819. The summed E-state index contributed by atoms with van der Waals surface area (Å²) >= 11 is 0. The second-order valence-electron chi connectivity index (χ2n) is 5.85. The molecule has 4 heteroatoms. The number of rotatable bonds is 1. The van der Waals surface area contributed by atoms with E-state index in [4.69, 9.17) is 0 Å². The van der Waals surface area contributed by atoms with Crippen LogP contribution in [0.1, 0.15) is 0 Å². The number of nitrogens with zero attached hydrogens (tertiary/aromatic N) is 2. The third kappa shape index (κ3) is 1.58. The number of benzene rings is 3. The topological polar surface area (TPSA) is 26.9 Å². The third-order valence-electron chi connectivity index (χ3n) is 4.61. The van der Waals surface area contributed by atoms with E-state index in [-0.39, 0.29) is 12.4 Å². The van der Waals surface area contributed by atoms with E-state index in [0.717, 1.165) is 16.6 Å². The van der Waals surface area contributed by atoms with Crippen LogP contribution < -0.4 is 16.5 Å². The van der Waals surface area contributed by atoms with Crippen molar-refractivity contribution in [3.8, 4) is 5.69 Å². The van der Waals surface area contributed by atoms with Gasteiger partial charge in [-0.2, -0.15) is 0 Å². The molecule has 2 heterocycles. The molecule has 0 fully saturated rings. The molecular weight excluding hydrogens is 283 g/mol. The quantitative estimate of drug-likeness (QED) is 0.433. The highest BCUT2D eigenvalue weighted by molar-refractivity contribution is 6.85. The fraction of sp³-hybridized carbons (Fsp3) is 0. The molecule has 0 spiro atoms. The van der Waals surface area contributed by atoms with Gasteiger partial charge in [0.1, 0.15) is 0 Å². The lowest BCUT2D eigenvalue weighted by Crippen LogP contribution is -2.46. The first-order valence-electron chi connectivity index (χ1n) is 7.73. The highest BCUT2D eigenvalue weighted by Gasteiger charge is 2.36. The van der Waals surface area contributed by atoms with E-state index in [0.29, 0.717) is 0 Å². The highest BCUT2D eigenvalue weighted by Crippen LogP contribution is 2.20. The molecule has 0 radical (unpaired) electrons. The zero-order chi connectivity index (χ0) is 15.4. The third-order valence-corrected chi connectivity index (χ3v) is 4.61. The molecule has 0 aliphatic carbocycles. The van der Waals surface area contributed by atoms with Gasteiger partial charge in [-0.15, -0.1) is 0 Å². The molecule has 108 valence electrons. The van der Waals surface area contributed by atoms with Crippen LogP contribution in [0.15, 0.2) is 83.7 Å². The molecule has 23 heavy (non-hydrogen) atoms. The molecule has 4 aromatic rings. The van der Waals surface area contributed by atoms with Crippen LogP contribution in [0, 0.1) is 0 Å². The van der Waals surface area contributed by atoms with Crippen molar-refractivity contribution in [3.05, 3.63) is 89.2 Å². The van der Waals surface area contributed by atoms with Crippen molar-refractivity contribution in [1.29, 1.82) is 0 Å². The van der Waals surface area contributed by atoms with E-state index in [1.807, 2.05) is 65.3 Å². The Morgan fingerprint density at radius 2 is 1.43 bits per heavy atom. The smallest absolute Gasteiger partial charge is 0.310 e. The second-order valence-corrected chi connectivity index (χ2v) is 5.85. The van der Waals surface area contributed by atoms with Crippen molar-refractivity contribution in [2.75, 3.05) is 0 Å². The Morgan fingerprint density at radius 3 is 2.30 bits per heavy atom. The zero-order valence-corrected chi connectivity index (χ0v) is 12.4. The molecule has 0 bridgehead atoms. The summed E-state index contributed by atoms with van der Waals surface area (Å²) in [5.74, 6) is 0. The first-order valence-corrected chi connectivity index (χ1v) is 7.73. The first-order chi connectivity index (χ1) is 11.4. The minimum Gasteiger partial charge on any atom is -0.310 e. The Morgan fingerprint density at radius 1 is 0.739 bits per heavy atom. The number of hydrogen-bond acceptors (Lipinski definition) is 1. The summed E-state index contributed by atoms with van der Waals surface area (Å²) in [5.41, 5.74) is 4.35. The average Bonchev–Trinajstić information content (AvgIpc) is 3.10. The van der Waals surface area contributed by atoms with Crippen LogP contribution in [0.2, 0.25) is 0 Å². The van der Waals surface area contributed by atoms with Crippen LogP contribution in [-0.4, -0.2) is 16.1 Å². The van der Waals surface area contributed by atoms with Crippen LogP contribution in [-0.2, 0) is 0 Å². The summed E-state index contributed by atoms with van der Waals surface area (Å²) < 4.78 is 3.94. The Labute approximate surface area is 133 Å². The highest BCUT2D eigenvalue weighted by atomic mass is 16.1. The van der Waals surface area contributed by atoms with Gasteiger partial charge in [0.25, 0.3) is 5.56 Å². The molecule has 1 aliphatic heterocycles. The molecule has 0 saturated heterocycles. The van der Waals surface area contributed by atoms with Gasteiger partial charge < -0.3 is 4.59 Å². The maximum Gasteiger partial charge on any atom is 0.349 e. The first kappa shape index (κ1) is 12.5. The average molecular weight is 296 g/mol. The van der Waals surface area contributed by atoms with Gasteiger partial charge >= 0.3 is 6.85 Å². The Kier molecular flexibility index (Phi) is 2.45. The van der Waals surface area contributed by atoms with E-state index in [1.54, 1.807) is 0 Å². The van der Waals surface area contributed by atoms with Crippen molar-refractivity contribution in [1.82, 2.24) is 9.27 Å². The molecular formula is C19H13BN2O. The SMILES string of the molecule is O=c1c2ccccc2n2n1-c1ccccc1B2c1ccccc1. The molecule has 5 rings (SSSR count). The van der Waals surface area contributed by atoms with Crippen LogP contribution >= 0.6 is 0 Å². The molecule has 0 saturated carbocycles. The summed E-state index contributed by atoms with van der Waals surface area (Å²) in [4.78, 5) is 12.9. The Bertz CT molecular complexity index is 1100. The van der Waals surface area contributed by atoms with Crippen LogP contribution in [0.3, 0.4) is 0 Å². The fourth-order valence-electron chi connectivity index (χ4n) is 3.65. The van der Waals surface area contributed by atoms with Gasteiger partial charge in [0.2, 0.25) is 0 Å². The second kappa shape index (κ2) is 4.49. The number of para-hydroxylation sites is 2. The van der Waals surface area contributed by atoms with Crippen molar-refractivity contribution in [2.45, 2.75) is 0 Å². The molecule has 1 aliphatic rings. The minimum atomic E-state index is 0.0278. The van der Waals surface area contributed by atoms with Crippen molar-refractivity contribution < 1.29 is 0 Å². The lowest BCUT2D eigenvalue weighted by Gasteiger charge is -2.11.